The lowest BCUT2D eigenvalue weighted by Crippen LogP contribution is -2.22. The van der Waals surface area contributed by atoms with Crippen LogP contribution < -0.4 is 10.2 Å². The lowest BCUT2D eigenvalue weighted by molar-refractivity contribution is -0.144. The molecule has 1 aromatic heterocycles. The molecule has 1 rings (SSSR count). The highest BCUT2D eigenvalue weighted by Gasteiger charge is 2.35. The number of nitrogens with zero attached hydrogens (tertiary/aromatic N) is 4. The van der Waals surface area contributed by atoms with Gasteiger partial charge in [0, 0.05) is 26.7 Å². The zero-order valence-electron chi connectivity index (χ0n) is 9.91. The first-order chi connectivity index (χ1) is 8.38. The van der Waals surface area contributed by atoms with Crippen LogP contribution in [-0.2, 0) is 6.18 Å². The molecule has 1 N–H and O–H groups in total. The number of anilines is 2. The van der Waals surface area contributed by atoms with Gasteiger partial charge in [0.15, 0.2) is 0 Å². The summed E-state index contributed by atoms with van der Waals surface area (Å²) in [6.07, 6.45) is -4.39. The topological polar surface area (TPSA) is 64.8 Å². The first-order valence-electron chi connectivity index (χ1n) is 5.10. The molecule has 0 spiro atoms. The quantitative estimate of drug-likeness (QED) is 0.894. The third-order valence-electron chi connectivity index (χ3n) is 2.17. The molecular weight excluding hydrogens is 247 g/mol. The van der Waals surface area contributed by atoms with Crippen LogP contribution in [0.4, 0.5) is 24.8 Å². The molecule has 5 nitrogen and oxygen atoms in total. The molecule has 0 aliphatic rings. The summed E-state index contributed by atoms with van der Waals surface area (Å²) in [5.74, 6) is -0.999. The van der Waals surface area contributed by atoms with Crippen molar-refractivity contribution in [3.05, 3.63) is 11.9 Å². The van der Waals surface area contributed by atoms with Crippen molar-refractivity contribution in [2.75, 3.05) is 30.9 Å². The van der Waals surface area contributed by atoms with E-state index < -0.39 is 12.0 Å². The molecule has 0 bridgehead atoms. The van der Waals surface area contributed by atoms with Crippen molar-refractivity contribution in [2.24, 2.45) is 0 Å². The van der Waals surface area contributed by atoms with Gasteiger partial charge in [-0.2, -0.15) is 18.4 Å². The molecule has 0 aromatic carbocycles. The third-order valence-corrected chi connectivity index (χ3v) is 2.17. The van der Waals surface area contributed by atoms with Gasteiger partial charge in [0.1, 0.15) is 11.6 Å². The predicted molar refractivity (Wildman–Crippen MR) is 60.1 cm³/mol. The fraction of sp³-hybridized carbons (Fsp3) is 0.500. The van der Waals surface area contributed by atoms with Crippen LogP contribution in [0.3, 0.4) is 0 Å². The third kappa shape index (κ3) is 3.48. The SMILES string of the molecule is CNc1cc(N(C)CCC#N)nc(C(F)(F)F)n1. The summed E-state index contributed by atoms with van der Waals surface area (Å²) in [6.45, 7) is 0.300. The Morgan fingerprint density at radius 2 is 2.11 bits per heavy atom. The normalized spacial score (nSPS) is 10.9. The van der Waals surface area contributed by atoms with Crippen molar-refractivity contribution >= 4 is 11.6 Å². The molecule has 0 unspecified atom stereocenters. The summed E-state index contributed by atoms with van der Waals surface area (Å²) in [6, 6.07) is 3.31. The zero-order chi connectivity index (χ0) is 13.8. The van der Waals surface area contributed by atoms with E-state index in [0.29, 0.717) is 6.54 Å². The number of rotatable bonds is 4. The van der Waals surface area contributed by atoms with Crippen molar-refractivity contribution in [1.29, 1.82) is 5.26 Å². The molecule has 18 heavy (non-hydrogen) atoms. The Kier molecular flexibility index (Phi) is 4.31. The summed E-state index contributed by atoms with van der Waals surface area (Å²) < 4.78 is 37.7. The maximum atomic E-state index is 12.6. The molecule has 0 atom stereocenters. The Hall–Kier alpha value is -2.04. The van der Waals surface area contributed by atoms with Crippen LogP contribution in [0.15, 0.2) is 6.07 Å². The highest BCUT2D eigenvalue weighted by Crippen LogP contribution is 2.28. The van der Waals surface area contributed by atoms with E-state index in [-0.39, 0.29) is 18.1 Å². The van der Waals surface area contributed by atoms with E-state index in [2.05, 4.69) is 15.3 Å². The van der Waals surface area contributed by atoms with E-state index >= 15 is 0 Å². The van der Waals surface area contributed by atoms with E-state index in [1.54, 1.807) is 7.05 Å². The number of nitriles is 1. The van der Waals surface area contributed by atoms with Gasteiger partial charge in [-0.3, -0.25) is 0 Å². The van der Waals surface area contributed by atoms with Gasteiger partial charge in [-0.15, -0.1) is 0 Å². The van der Waals surface area contributed by atoms with Crippen molar-refractivity contribution in [1.82, 2.24) is 9.97 Å². The minimum absolute atomic E-state index is 0.0798. The molecule has 0 aliphatic carbocycles. The maximum Gasteiger partial charge on any atom is 0.451 e. The van der Waals surface area contributed by atoms with Crippen LogP contribution in [0.2, 0.25) is 0 Å². The Morgan fingerprint density at radius 3 is 2.61 bits per heavy atom. The first kappa shape index (κ1) is 14.0. The van der Waals surface area contributed by atoms with Crippen molar-refractivity contribution in [2.45, 2.75) is 12.6 Å². The van der Waals surface area contributed by atoms with Gasteiger partial charge in [-0.05, 0) is 0 Å². The second-order valence-corrected chi connectivity index (χ2v) is 3.51. The van der Waals surface area contributed by atoms with Crippen LogP contribution in [0, 0.1) is 11.3 Å². The molecule has 0 aliphatic heterocycles. The van der Waals surface area contributed by atoms with Gasteiger partial charge >= 0.3 is 6.18 Å². The molecule has 1 aromatic rings. The highest BCUT2D eigenvalue weighted by molar-refractivity contribution is 5.49. The fourth-order valence-corrected chi connectivity index (χ4v) is 1.22. The molecule has 0 radical (unpaired) electrons. The van der Waals surface area contributed by atoms with E-state index in [1.807, 2.05) is 6.07 Å². The molecule has 1 heterocycles. The number of aromatic nitrogens is 2. The molecule has 8 heteroatoms. The monoisotopic (exact) mass is 259 g/mol. The predicted octanol–water partition coefficient (Wildman–Crippen LogP) is 1.89. The summed E-state index contributed by atoms with van der Waals surface area (Å²) >= 11 is 0. The number of hydrogen-bond acceptors (Lipinski definition) is 5. The van der Waals surface area contributed by atoms with Crippen LogP contribution in [0.5, 0.6) is 0 Å². The number of alkyl halides is 3. The molecule has 98 valence electrons. The second-order valence-electron chi connectivity index (χ2n) is 3.51. The minimum Gasteiger partial charge on any atom is -0.373 e. The molecular formula is C10H12F3N5. The van der Waals surface area contributed by atoms with Crippen molar-refractivity contribution < 1.29 is 13.2 Å². The van der Waals surface area contributed by atoms with E-state index in [0.717, 1.165) is 0 Å². The van der Waals surface area contributed by atoms with E-state index in [4.69, 9.17) is 5.26 Å². The highest BCUT2D eigenvalue weighted by atomic mass is 19.4. The van der Waals surface area contributed by atoms with E-state index in [1.165, 1.54) is 18.0 Å². The average molecular weight is 259 g/mol. The van der Waals surface area contributed by atoms with Gasteiger partial charge in [0.25, 0.3) is 0 Å². The van der Waals surface area contributed by atoms with Crippen molar-refractivity contribution in [3.63, 3.8) is 0 Å². The summed E-state index contributed by atoms with van der Waals surface area (Å²) in [5, 5.41) is 11.0. The number of nitrogens with one attached hydrogen (secondary N) is 1. The van der Waals surface area contributed by atoms with Crippen molar-refractivity contribution in [3.8, 4) is 6.07 Å². The maximum absolute atomic E-state index is 12.6. The summed E-state index contributed by atoms with van der Waals surface area (Å²) in [4.78, 5) is 8.27. The first-order valence-corrected chi connectivity index (χ1v) is 5.10. The molecule has 0 amide bonds. The zero-order valence-corrected chi connectivity index (χ0v) is 9.91. The smallest absolute Gasteiger partial charge is 0.373 e. The second kappa shape index (κ2) is 5.53. The van der Waals surface area contributed by atoms with Gasteiger partial charge in [-0.1, -0.05) is 0 Å². The number of halogens is 3. The van der Waals surface area contributed by atoms with Gasteiger partial charge < -0.3 is 10.2 Å². The molecule has 0 saturated carbocycles. The van der Waals surface area contributed by atoms with Gasteiger partial charge in [0.2, 0.25) is 5.82 Å². The standard InChI is InChI=1S/C10H12F3N5/c1-15-7-6-8(18(2)5-3-4-14)17-9(16-7)10(11,12)13/h6H,3,5H2,1-2H3,(H,15,16,17). The van der Waals surface area contributed by atoms with Crippen LogP contribution in [-0.4, -0.2) is 30.6 Å². The van der Waals surface area contributed by atoms with E-state index in [9.17, 15) is 13.2 Å². The van der Waals surface area contributed by atoms with Crippen LogP contribution in [0.1, 0.15) is 12.2 Å². The lowest BCUT2D eigenvalue weighted by Gasteiger charge is -2.18. The average Bonchev–Trinajstić information content (AvgIpc) is 2.34. The fourth-order valence-electron chi connectivity index (χ4n) is 1.22. The largest absolute Gasteiger partial charge is 0.451 e. The van der Waals surface area contributed by atoms with Crippen LogP contribution >= 0.6 is 0 Å². The summed E-state index contributed by atoms with van der Waals surface area (Å²) in [5.41, 5.74) is 0. The Bertz CT molecular complexity index is 452. The summed E-state index contributed by atoms with van der Waals surface area (Å²) in [7, 11) is 3.04. The van der Waals surface area contributed by atoms with Crippen LogP contribution in [0.25, 0.3) is 0 Å². The minimum atomic E-state index is -4.60. The Morgan fingerprint density at radius 1 is 1.44 bits per heavy atom. The molecule has 0 fully saturated rings. The van der Waals surface area contributed by atoms with Gasteiger partial charge in [0.05, 0.1) is 12.5 Å². The Balaban J connectivity index is 3.09. The lowest BCUT2D eigenvalue weighted by atomic mass is 10.4. The molecule has 0 saturated heterocycles. The Labute approximate surface area is 102 Å². The number of hydrogen-bond donors (Lipinski definition) is 1. The van der Waals surface area contributed by atoms with Gasteiger partial charge in [-0.25, -0.2) is 9.97 Å².